The number of hydrogen-bond acceptors (Lipinski definition) is 8. The summed E-state index contributed by atoms with van der Waals surface area (Å²) < 4.78 is 7.34. The van der Waals surface area contributed by atoms with Crippen molar-refractivity contribution in [1.29, 1.82) is 0 Å². The molecule has 11 heteroatoms. The number of carbonyl (C=O) groups excluding carboxylic acids is 3. The molecule has 4 aromatic rings. The number of fused-ring (bicyclic) bond motifs is 1. The second kappa shape index (κ2) is 10.2. The zero-order valence-electron chi connectivity index (χ0n) is 19.3. The Bertz CT molecular complexity index is 1410. The van der Waals surface area contributed by atoms with Gasteiger partial charge in [-0.15, -0.1) is 11.8 Å². The number of anilines is 1. The third-order valence-corrected chi connectivity index (χ3v) is 7.12. The monoisotopic (exact) mass is 502 g/mol. The normalized spacial score (nSPS) is 17.2. The third kappa shape index (κ3) is 4.78. The highest BCUT2D eigenvalue weighted by molar-refractivity contribution is 8.00. The number of nitrogens with zero attached hydrogens (tertiary/aromatic N) is 5. The maximum absolute atomic E-state index is 12.6. The number of benzene rings is 2. The number of carbonyl (C=O) groups is 3. The lowest BCUT2D eigenvalue weighted by atomic mass is 10.2. The fraction of sp³-hybridized carbons (Fsp3) is 0.200. The number of rotatable bonds is 6. The Hall–Kier alpha value is -4.25. The first-order valence-corrected chi connectivity index (χ1v) is 12.1. The maximum atomic E-state index is 12.6. The highest BCUT2D eigenvalue weighted by atomic mass is 32.2. The van der Waals surface area contributed by atoms with Gasteiger partial charge in [0.1, 0.15) is 23.7 Å². The topological polar surface area (TPSA) is 119 Å². The van der Waals surface area contributed by atoms with Crippen LogP contribution in [0.15, 0.2) is 73.3 Å². The first kappa shape index (κ1) is 23.5. The Kier molecular flexibility index (Phi) is 6.63. The van der Waals surface area contributed by atoms with Gasteiger partial charge < -0.3 is 19.5 Å². The molecule has 36 heavy (non-hydrogen) atoms. The van der Waals surface area contributed by atoms with Crippen LogP contribution in [0.5, 0.6) is 0 Å². The Morgan fingerprint density at radius 2 is 1.69 bits per heavy atom. The minimum atomic E-state index is -0.442. The SMILES string of the molecule is CC(=O)N1C[C@H](n2cnc3c(NC(=O)c4ccccc4)ncnc32)S[C@@H]1COC(=O)c1ccccc1. The number of aromatic nitrogens is 4. The summed E-state index contributed by atoms with van der Waals surface area (Å²) in [5, 5.41) is 2.21. The standard InChI is InChI=1S/C25H22N6O4S/c1-16(32)30-12-19(36-20(30)13-35-25(34)18-10-6-3-7-11-18)31-15-28-21-22(26-14-27-23(21)31)29-24(33)17-8-4-2-5-9-17/h2-11,14-15,19-20H,12-13H2,1H3,(H,26,27,29,33)/t19-,20-/m1/s1. The largest absolute Gasteiger partial charge is 0.459 e. The summed E-state index contributed by atoms with van der Waals surface area (Å²) in [4.78, 5) is 52.0. The number of imidazole rings is 1. The molecular weight excluding hydrogens is 480 g/mol. The third-order valence-electron chi connectivity index (χ3n) is 5.72. The maximum Gasteiger partial charge on any atom is 0.338 e. The van der Waals surface area contributed by atoms with Crippen LogP contribution in [0.1, 0.15) is 33.0 Å². The molecule has 5 rings (SSSR count). The van der Waals surface area contributed by atoms with E-state index in [-0.39, 0.29) is 29.2 Å². The highest BCUT2D eigenvalue weighted by Gasteiger charge is 2.37. The number of thioether (sulfide) groups is 1. The summed E-state index contributed by atoms with van der Waals surface area (Å²) in [6.07, 6.45) is 2.98. The van der Waals surface area contributed by atoms with Crippen LogP contribution < -0.4 is 5.32 Å². The van der Waals surface area contributed by atoms with Crippen LogP contribution in [0.3, 0.4) is 0 Å². The van der Waals surface area contributed by atoms with Gasteiger partial charge in [0.25, 0.3) is 5.91 Å². The second-order valence-electron chi connectivity index (χ2n) is 8.05. The molecule has 1 N–H and O–H groups in total. The second-order valence-corrected chi connectivity index (χ2v) is 9.41. The number of hydrogen-bond donors (Lipinski definition) is 1. The van der Waals surface area contributed by atoms with Crippen molar-refractivity contribution in [2.45, 2.75) is 17.7 Å². The molecule has 10 nitrogen and oxygen atoms in total. The summed E-state index contributed by atoms with van der Waals surface area (Å²) in [5.41, 5.74) is 1.92. The van der Waals surface area contributed by atoms with Crippen molar-refractivity contribution >= 4 is 46.5 Å². The predicted molar refractivity (Wildman–Crippen MR) is 134 cm³/mol. The van der Waals surface area contributed by atoms with Gasteiger partial charge in [0.15, 0.2) is 17.0 Å². The van der Waals surface area contributed by atoms with Gasteiger partial charge in [-0.25, -0.2) is 19.7 Å². The van der Waals surface area contributed by atoms with Gasteiger partial charge in [-0.2, -0.15) is 0 Å². The van der Waals surface area contributed by atoms with Crippen LogP contribution in [-0.4, -0.2) is 60.7 Å². The average Bonchev–Trinajstić information content (AvgIpc) is 3.53. The van der Waals surface area contributed by atoms with Crippen molar-refractivity contribution in [3.05, 3.63) is 84.4 Å². The molecule has 0 spiro atoms. The zero-order chi connectivity index (χ0) is 25.1. The Morgan fingerprint density at radius 3 is 2.39 bits per heavy atom. The van der Waals surface area contributed by atoms with Gasteiger partial charge in [-0.1, -0.05) is 36.4 Å². The molecule has 2 aromatic heterocycles. The van der Waals surface area contributed by atoms with Crippen LogP contribution in [-0.2, 0) is 9.53 Å². The van der Waals surface area contributed by atoms with E-state index in [1.807, 2.05) is 16.7 Å². The quantitative estimate of drug-likeness (QED) is 0.399. The molecule has 2 amide bonds. The molecule has 1 aliphatic heterocycles. The van der Waals surface area contributed by atoms with Crippen LogP contribution in [0.2, 0.25) is 0 Å². The lowest BCUT2D eigenvalue weighted by Crippen LogP contribution is -2.36. The molecule has 2 atom stereocenters. The van der Waals surface area contributed by atoms with Gasteiger partial charge in [-0.05, 0) is 24.3 Å². The minimum Gasteiger partial charge on any atom is -0.459 e. The van der Waals surface area contributed by atoms with E-state index in [0.29, 0.717) is 34.7 Å². The summed E-state index contributed by atoms with van der Waals surface area (Å²) in [6, 6.07) is 17.5. The average molecular weight is 503 g/mol. The smallest absolute Gasteiger partial charge is 0.338 e. The number of nitrogens with one attached hydrogen (secondary N) is 1. The van der Waals surface area contributed by atoms with Crippen molar-refractivity contribution < 1.29 is 19.1 Å². The summed E-state index contributed by atoms with van der Waals surface area (Å²) >= 11 is 1.48. The van der Waals surface area contributed by atoms with Gasteiger partial charge in [-0.3, -0.25) is 9.59 Å². The summed E-state index contributed by atoms with van der Waals surface area (Å²) in [5.74, 6) is -0.570. The number of esters is 1. The van der Waals surface area contributed by atoms with Crippen molar-refractivity contribution in [2.24, 2.45) is 0 Å². The Balaban J connectivity index is 1.33. The zero-order valence-corrected chi connectivity index (χ0v) is 20.1. The van der Waals surface area contributed by atoms with E-state index in [1.54, 1.807) is 59.8 Å². The lowest BCUT2D eigenvalue weighted by Gasteiger charge is -2.21. The summed E-state index contributed by atoms with van der Waals surface area (Å²) in [7, 11) is 0. The fourth-order valence-corrected chi connectivity index (χ4v) is 5.35. The van der Waals surface area contributed by atoms with Gasteiger partial charge in [0.2, 0.25) is 5.91 Å². The van der Waals surface area contributed by atoms with E-state index in [1.165, 1.54) is 25.0 Å². The van der Waals surface area contributed by atoms with E-state index >= 15 is 0 Å². The van der Waals surface area contributed by atoms with E-state index in [4.69, 9.17) is 4.74 Å². The van der Waals surface area contributed by atoms with Crippen LogP contribution >= 0.6 is 11.8 Å². The number of amides is 2. The number of ether oxygens (including phenoxy) is 1. The highest BCUT2D eigenvalue weighted by Crippen LogP contribution is 2.39. The van der Waals surface area contributed by atoms with E-state index in [0.717, 1.165) is 0 Å². The molecular formula is C25H22N6O4S. The lowest BCUT2D eigenvalue weighted by molar-refractivity contribution is -0.129. The fourth-order valence-electron chi connectivity index (χ4n) is 3.93. The molecule has 3 heterocycles. The van der Waals surface area contributed by atoms with Crippen LogP contribution in [0.25, 0.3) is 11.2 Å². The minimum absolute atomic E-state index is 0.0501. The molecule has 1 fully saturated rings. The molecule has 2 aromatic carbocycles. The first-order valence-electron chi connectivity index (χ1n) is 11.2. The van der Waals surface area contributed by atoms with E-state index in [9.17, 15) is 14.4 Å². The molecule has 0 radical (unpaired) electrons. The van der Waals surface area contributed by atoms with Crippen molar-refractivity contribution in [1.82, 2.24) is 24.4 Å². The van der Waals surface area contributed by atoms with Crippen molar-refractivity contribution in [3.8, 4) is 0 Å². The molecule has 182 valence electrons. The Morgan fingerprint density at radius 1 is 1.00 bits per heavy atom. The molecule has 0 bridgehead atoms. The van der Waals surface area contributed by atoms with Crippen molar-refractivity contribution in [2.75, 3.05) is 18.5 Å². The van der Waals surface area contributed by atoms with E-state index in [2.05, 4.69) is 20.3 Å². The predicted octanol–water partition coefficient (Wildman–Crippen LogP) is 3.36. The summed E-state index contributed by atoms with van der Waals surface area (Å²) in [6.45, 7) is 1.92. The molecule has 0 saturated carbocycles. The molecule has 0 unspecified atom stereocenters. The van der Waals surface area contributed by atoms with Gasteiger partial charge in [0, 0.05) is 12.5 Å². The van der Waals surface area contributed by atoms with Crippen LogP contribution in [0.4, 0.5) is 5.82 Å². The van der Waals surface area contributed by atoms with Crippen LogP contribution in [0, 0.1) is 0 Å². The van der Waals surface area contributed by atoms with Crippen molar-refractivity contribution in [3.63, 3.8) is 0 Å². The molecule has 0 aliphatic carbocycles. The van der Waals surface area contributed by atoms with Gasteiger partial charge in [0.05, 0.1) is 18.4 Å². The van der Waals surface area contributed by atoms with E-state index < -0.39 is 5.97 Å². The first-order chi connectivity index (χ1) is 17.5. The molecule has 1 saturated heterocycles. The Labute approximate surface area is 210 Å². The van der Waals surface area contributed by atoms with Gasteiger partial charge >= 0.3 is 5.97 Å². The molecule has 1 aliphatic rings.